The summed E-state index contributed by atoms with van der Waals surface area (Å²) in [7, 11) is 0. The highest BCUT2D eigenvalue weighted by molar-refractivity contribution is 6.28. The maximum absolute atomic E-state index is 14.1. The molecular formula is C20H18ClF2N5O5. The predicted octanol–water partition coefficient (Wildman–Crippen LogP) is 2.39. The third-order valence-electron chi connectivity index (χ3n) is 6.15. The molecule has 13 heteroatoms. The second-order valence-electron chi connectivity index (χ2n) is 8.07. The Hall–Kier alpha value is -3.41. The number of nitrogens with one attached hydrogen (secondary N) is 1. The lowest BCUT2D eigenvalue weighted by molar-refractivity contribution is -0.385. The number of ether oxygens (including phenoxy) is 1. The number of hydrogen-bond donors (Lipinski definition) is 2. The normalized spacial score (nSPS) is 25.6. The van der Waals surface area contributed by atoms with Gasteiger partial charge in [-0.1, -0.05) is 0 Å². The van der Waals surface area contributed by atoms with E-state index in [4.69, 9.17) is 22.1 Å². The quantitative estimate of drug-likeness (QED) is 0.265. The van der Waals surface area contributed by atoms with Crippen molar-refractivity contribution in [1.29, 1.82) is 0 Å². The van der Waals surface area contributed by atoms with Gasteiger partial charge in [-0.25, -0.2) is 13.8 Å². The molecule has 2 saturated carbocycles. The smallest absolute Gasteiger partial charge is 0.310 e. The van der Waals surface area contributed by atoms with Crippen LogP contribution in [-0.4, -0.2) is 38.9 Å². The molecule has 2 aliphatic carbocycles. The van der Waals surface area contributed by atoms with Crippen molar-refractivity contribution >= 4 is 35.0 Å². The molecule has 1 aromatic heterocycles. The number of non-ortho nitro benzene ring substituents is 1. The highest BCUT2D eigenvalue weighted by atomic mass is 35.5. The summed E-state index contributed by atoms with van der Waals surface area (Å²) >= 11 is 5.74. The number of rotatable bonds is 7. The first-order valence-corrected chi connectivity index (χ1v) is 10.4. The van der Waals surface area contributed by atoms with Crippen LogP contribution < -0.4 is 11.1 Å². The van der Waals surface area contributed by atoms with Crippen LogP contribution in [0.3, 0.4) is 0 Å². The number of anilines is 1. The van der Waals surface area contributed by atoms with Crippen LogP contribution in [0, 0.1) is 39.5 Å². The fourth-order valence-electron chi connectivity index (χ4n) is 4.82. The molecule has 0 unspecified atom stereocenters. The summed E-state index contributed by atoms with van der Waals surface area (Å²) in [4.78, 5) is 42.1. The molecule has 0 saturated heterocycles. The van der Waals surface area contributed by atoms with Crippen LogP contribution in [0.25, 0.3) is 0 Å². The molecular weight excluding hydrogens is 464 g/mol. The van der Waals surface area contributed by atoms with E-state index in [-0.39, 0.29) is 34.2 Å². The highest BCUT2D eigenvalue weighted by Crippen LogP contribution is 2.50. The van der Waals surface area contributed by atoms with Gasteiger partial charge in [0.2, 0.25) is 11.2 Å². The fourth-order valence-corrected chi connectivity index (χ4v) is 4.96. The van der Waals surface area contributed by atoms with Crippen LogP contribution in [-0.2, 0) is 20.7 Å². The van der Waals surface area contributed by atoms with Crippen molar-refractivity contribution in [3.63, 3.8) is 0 Å². The van der Waals surface area contributed by atoms with Crippen molar-refractivity contribution in [2.24, 2.45) is 23.5 Å². The zero-order valence-corrected chi connectivity index (χ0v) is 17.7. The van der Waals surface area contributed by atoms with Gasteiger partial charge in [-0.3, -0.25) is 19.7 Å². The number of nitrogens with zero attached hydrogens (tertiary/aromatic N) is 3. The zero-order valence-electron chi connectivity index (χ0n) is 16.9. The van der Waals surface area contributed by atoms with Gasteiger partial charge in [0, 0.05) is 29.7 Å². The number of nitro benzene ring substituents is 1. The van der Waals surface area contributed by atoms with E-state index in [1.165, 1.54) is 0 Å². The Morgan fingerprint density at radius 1 is 1.30 bits per heavy atom. The summed E-state index contributed by atoms with van der Waals surface area (Å²) in [5, 5.41) is 13.6. The highest BCUT2D eigenvalue weighted by Gasteiger charge is 2.56. The summed E-state index contributed by atoms with van der Waals surface area (Å²) in [5.74, 6) is -4.36. The zero-order chi connectivity index (χ0) is 23.9. The number of nitro groups is 1. The van der Waals surface area contributed by atoms with Crippen molar-refractivity contribution in [3.05, 3.63) is 57.0 Å². The average Bonchev–Trinajstić information content (AvgIpc) is 3.30. The van der Waals surface area contributed by atoms with Gasteiger partial charge in [-0.15, -0.1) is 0 Å². The number of nitrogens with two attached hydrogens (primary N) is 1. The van der Waals surface area contributed by atoms with Crippen LogP contribution in [0.15, 0.2) is 24.4 Å². The third-order valence-corrected chi connectivity index (χ3v) is 6.33. The van der Waals surface area contributed by atoms with Crippen LogP contribution in [0.5, 0.6) is 0 Å². The fraction of sp³-hybridized carbons (Fsp3) is 0.400. The lowest BCUT2D eigenvalue weighted by Crippen LogP contribution is -2.47. The molecule has 3 N–H and O–H groups in total. The molecule has 2 aliphatic rings. The second kappa shape index (κ2) is 8.85. The molecule has 2 aromatic rings. The van der Waals surface area contributed by atoms with E-state index >= 15 is 0 Å². The van der Waals surface area contributed by atoms with Gasteiger partial charge in [0.15, 0.2) is 11.6 Å². The van der Waals surface area contributed by atoms with Gasteiger partial charge in [0.1, 0.15) is 11.9 Å². The van der Waals surface area contributed by atoms with Crippen molar-refractivity contribution in [2.45, 2.75) is 31.4 Å². The topological polar surface area (TPSA) is 150 Å². The van der Waals surface area contributed by atoms with Crippen LogP contribution in [0.4, 0.5) is 20.3 Å². The molecule has 0 aliphatic heterocycles. The Morgan fingerprint density at radius 2 is 2.06 bits per heavy atom. The van der Waals surface area contributed by atoms with E-state index in [0.717, 1.165) is 24.4 Å². The second-order valence-corrected chi connectivity index (χ2v) is 8.41. The molecule has 2 bridgehead atoms. The van der Waals surface area contributed by atoms with Gasteiger partial charge in [0.25, 0.3) is 5.69 Å². The largest absolute Gasteiger partial charge is 0.462 e. The Labute approximate surface area is 190 Å². The van der Waals surface area contributed by atoms with Gasteiger partial charge in [-0.2, -0.15) is 4.98 Å². The Bertz CT molecular complexity index is 1140. The monoisotopic (exact) mass is 481 g/mol. The molecule has 0 radical (unpaired) electrons. The van der Waals surface area contributed by atoms with Crippen molar-refractivity contribution < 1.29 is 28.0 Å². The Balaban J connectivity index is 1.49. The number of carbonyl (C=O) groups excluding carboxylic acids is 2. The first kappa shape index (κ1) is 22.8. The van der Waals surface area contributed by atoms with E-state index in [1.54, 1.807) is 0 Å². The maximum atomic E-state index is 14.1. The molecule has 5 atom stereocenters. The number of halogens is 3. The van der Waals surface area contributed by atoms with Gasteiger partial charge in [0.05, 0.1) is 23.5 Å². The lowest BCUT2D eigenvalue weighted by atomic mass is 9.82. The van der Waals surface area contributed by atoms with E-state index in [1.807, 2.05) is 0 Å². The van der Waals surface area contributed by atoms with E-state index in [9.17, 15) is 28.5 Å². The molecule has 33 heavy (non-hydrogen) atoms. The number of hydrogen-bond acceptors (Lipinski definition) is 8. The van der Waals surface area contributed by atoms with E-state index < -0.39 is 52.9 Å². The molecule has 2 fully saturated rings. The molecule has 174 valence electrons. The Kier molecular flexibility index (Phi) is 6.11. The molecule has 10 nitrogen and oxygen atoms in total. The summed E-state index contributed by atoms with van der Waals surface area (Å²) < 4.78 is 33.7. The van der Waals surface area contributed by atoms with Crippen LogP contribution >= 0.6 is 11.6 Å². The van der Waals surface area contributed by atoms with Crippen molar-refractivity contribution in [3.8, 4) is 0 Å². The lowest BCUT2D eigenvalue weighted by Gasteiger charge is -2.34. The maximum Gasteiger partial charge on any atom is 0.310 e. The molecule has 4 rings (SSSR count). The van der Waals surface area contributed by atoms with E-state index in [0.29, 0.717) is 12.8 Å². The van der Waals surface area contributed by atoms with Gasteiger partial charge < -0.3 is 15.8 Å². The molecule has 1 aromatic carbocycles. The number of carbonyl (C=O) groups is 2. The Morgan fingerprint density at radius 3 is 2.76 bits per heavy atom. The number of aromatic nitrogens is 2. The summed E-state index contributed by atoms with van der Waals surface area (Å²) in [6, 6.07) is 2.22. The number of fused-ring (bicyclic) bond motifs is 2. The molecule has 0 spiro atoms. The first-order valence-electron chi connectivity index (χ1n) is 10.00. The minimum Gasteiger partial charge on any atom is -0.462 e. The van der Waals surface area contributed by atoms with Gasteiger partial charge >= 0.3 is 5.97 Å². The average molecular weight is 482 g/mol. The van der Waals surface area contributed by atoms with Gasteiger partial charge in [-0.05, 0) is 36.4 Å². The molecule has 1 heterocycles. The minimum absolute atomic E-state index is 0.167. The standard InChI is InChI=1S/C20H18ClF2N5O5/c21-20-25-7-13(23)19(27-20)26-17-11-4-9(16(17)18(24)30)5-14(11)33-15(29)6-8-3-10(28(31)32)1-2-12(8)22/h1-3,7,9,11,14,16-17H,4-6H2,(H2,24,30)(H,25,26,27)/t9-,11-,14-,16+,17-/m1/s1. The predicted molar refractivity (Wildman–Crippen MR) is 110 cm³/mol. The van der Waals surface area contributed by atoms with Crippen molar-refractivity contribution in [2.75, 3.05) is 5.32 Å². The number of esters is 1. The van der Waals surface area contributed by atoms with Crippen LogP contribution in [0.1, 0.15) is 18.4 Å². The summed E-state index contributed by atoms with van der Waals surface area (Å²) in [6.45, 7) is 0. The minimum atomic E-state index is -0.780. The molecule has 1 amide bonds. The van der Waals surface area contributed by atoms with Crippen LogP contribution in [0.2, 0.25) is 5.28 Å². The first-order chi connectivity index (χ1) is 15.6. The third kappa shape index (κ3) is 4.56. The number of amides is 1. The summed E-state index contributed by atoms with van der Waals surface area (Å²) in [5.41, 5.74) is 5.05. The number of benzene rings is 1. The SMILES string of the molecule is NC(=O)[C@H]1[C@@H]2C[C@@H]([C@H]1Nc1nc(Cl)ncc1F)[C@H](OC(=O)Cc1cc([N+](=O)[O-])ccc1F)C2. The van der Waals surface area contributed by atoms with E-state index in [2.05, 4.69) is 15.3 Å². The number of primary amides is 1. The van der Waals surface area contributed by atoms with Crippen molar-refractivity contribution in [1.82, 2.24) is 9.97 Å². The summed E-state index contributed by atoms with van der Waals surface area (Å²) in [6.07, 6.45) is 0.587.